The van der Waals surface area contributed by atoms with Crippen molar-refractivity contribution in [3.63, 3.8) is 0 Å². The predicted molar refractivity (Wildman–Crippen MR) is 139 cm³/mol. The molecule has 1 aromatic heterocycles. The van der Waals surface area contributed by atoms with Gasteiger partial charge in [-0.1, -0.05) is 17.7 Å². The summed E-state index contributed by atoms with van der Waals surface area (Å²) in [6, 6.07) is 9.71. The van der Waals surface area contributed by atoms with Gasteiger partial charge >= 0.3 is 5.97 Å². The number of nitrogens with zero attached hydrogens (tertiary/aromatic N) is 3. The zero-order chi connectivity index (χ0) is 25.2. The molecule has 196 valence electrons. The number of aromatic nitrogens is 2. The molecule has 2 aromatic carbocycles. The van der Waals surface area contributed by atoms with Gasteiger partial charge in [0, 0.05) is 36.5 Å². The van der Waals surface area contributed by atoms with Crippen molar-refractivity contribution >= 4 is 52.6 Å². The number of piperidine rings is 1. The molecule has 2 unspecified atom stereocenters. The van der Waals surface area contributed by atoms with Crippen LogP contribution in [0.25, 0.3) is 10.9 Å². The van der Waals surface area contributed by atoms with Crippen molar-refractivity contribution in [1.82, 2.24) is 14.9 Å². The molecule has 37 heavy (non-hydrogen) atoms. The van der Waals surface area contributed by atoms with Crippen LogP contribution in [-0.4, -0.2) is 63.9 Å². The number of halogens is 2. The Labute approximate surface area is 224 Å². The summed E-state index contributed by atoms with van der Waals surface area (Å²) < 4.78 is 16.4. The van der Waals surface area contributed by atoms with Gasteiger partial charge in [-0.15, -0.1) is 12.4 Å². The lowest BCUT2D eigenvalue weighted by Crippen LogP contribution is -2.52. The third-order valence-electron chi connectivity index (χ3n) is 6.25. The number of ether oxygens (including phenoxy) is 3. The Morgan fingerprint density at radius 3 is 2.78 bits per heavy atom. The third kappa shape index (κ3) is 5.66. The fraction of sp³-hybridized carbons (Fsp3) is 0.360. The maximum Gasteiger partial charge on any atom is 0.326 e. The van der Waals surface area contributed by atoms with Crippen molar-refractivity contribution in [1.29, 1.82) is 0 Å². The van der Waals surface area contributed by atoms with Crippen LogP contribution in [0.15, 0.2) is 36.4 Å². The van der Waals surface area contributed by atoms with E-state index in [1.54, 1.807) is 18.2 Å². The van der Waals surface area contributed by atoms with E-state index in [-0.39, 0.29) is 44.1 Å². The fourth-order valence-electron chi connectivity index (χ4n) is 4.49. The summed E-state index contributed by atoms with van der Waals surface area (Å²) in [5, 5.41) is 14.2. The number of fused-ring (bicyclic) bond motifs is 2. The highest BCUT2D eigenvalue weighted by molar-refractivity contribution is 6.31. The first-order chi connectivity index (χ1) is 17.4. The Balaban J connectivity index is 0.00000320. The fourth-order valence-corrected chi connectivity index (χ4v) is 4.67. The summed E-state index contributed by atoms with van der Waals surface area (Å²) in [6.07, 6.45) is 0.550. The Morgan fingerprint density at radius 2 is 2.00 bits per heavy atom. The van der Waals surface area contributed by atoms with Crippen LogP contribution in [0.3, 0.4) is 0 Å². The third-order valence-corrected chi connectivity index (χ3v) is 6.48. The molecule has 1 amide bonds. The zero-order valence-corrected chi connectivity index (χ0v) is 21.6. The quantitative estimate of drug-likeness (QED) is 0.448. The van der Waals surface area contributed by atoms with E-state index in [0.29, 0.717) is 52.8 Å². The lowest BCUT2D eigenvalue weighted by Gasteiger charge is -2.36. The Hall–Kier alpha value is -3.34. The van der Waals surface area contributed by atoms with Crippen molar-refractivity contribution in [3.05, 3.63) is 52.8 Å². The van der Waals surface area contributed by atoms with E-state index in [4.69, 9.17) is 25.8 Å². The van der Waals surface area contributed by atoms with Crippen LogP contribution in [0.4, 0.5) is 5.82 Å². The number of aliphatic carboxylic acids is 1. The first-order valence-corrected chi connectivity index (χ1v) is 12.1. The van der Waals surface area contributed by atoms with Crippen molar-refractivity contribution in [3.8, 4) is 11.5 Å². The van der Waals surface area contributed by atoms with Crippen LogP contribution in [0.5, 0.6) is 11.5 Å². The number of amides is 1. The van der Waals surface area contributed by atoms with E-state index in [9.17, 15) is 14.7 Å². The summed E-state index contributed by atoms with van der Waals surface area (Å²) in [7, 11) is 0. The average molecular weight is 549 g/mol. The first kappa shape index (κ1) is 26.7. The number of carboxylic acids is 1. The highest BCUT2D eigenvalue weighted by atomic mass is 35.5. The van der Waals surface area contributed by atoms with Gasteiger partial charge in [-0.2, -0.15) is 0 Å². The number of nitrogens with one attached hydrogen (secondary N) is 1. The number of carbonyl (C=O) groups excluding carboxylic acids is 1. The second-order valence-electron chi connectivity index (χ2n) is 8.55. The molecule has 0 saturated carbocycles. The minimum atomic E-state index is -1.08. The molecule has 0 aliphatic carbocycles. The molecule has 2 N–H and O–H groups in total. The van der Waals surface area contributed by atoms with Crippen LogP contribution in [0.2, 0.25) is 5.02 Å². The molecule has 0 radical (unpaired) electrons. The van der Waals surface area contributed by atoms with Crippen molar-refractivity contribution in [2.24, 2.45) is 0 Å². The summed E-state index contributed by atoms with van der Waals surface area (Å²) >= 11 is 6.22. The van der Waals surface area contributed by atoms with Crippen molar-refractivity contribution in [2.75, 3.05) is 25.3 Å². The summed E-state index contributed by atoms with van der Waals surface area (Å²) in [6.45, 7) is 3.16. The van der Waals surface area contributed by atoms with Crippen molar-refractivity contribution in [2.45, 2.75) is 38.5 Å². The maximum absolute atomic E-state index is 13.5. The van der Waals surface area contributed by atoms with Crippen LogP contribution >= 0.6 is 24.0 Å². The predicted octanol–water partition coefficient (Wildman–Crippen LogP) is 4.14. The molecule has 5 rings (SSSR count). The van der Waals surface area contributed by atoms with Gasteiger partial charge in [0.05, 0.1) is 11.6 Å². The molecule has 2 aliphatic heterocycles. The van der Waals surface area contributed by atoms with Crippen LogP contribution in [0.1, 0.15) is 35.9 Å². The number of carbonyl (C=O) groups is 2. The van der Waals surface area contributed by atoms with Gasteiger partial charge in [0.1, 0.15) is 11.9 Å². The number of carboxylic acid groups (broad SMARTS) is 1. The Morgan fingerprint density at radius 1 is 1.19 bits per heavy atom. The minimum Gasteiger partial charge on any atom is -0.480 e. The second kappa shape index (κ2) is 11.4. The van der Waals surface area contributed by atoms with Gasteiger partial charge in [-0.05, 0) is 49.2 Å². The molecule has 0 spiro atoms. The van der Waals surface area contributed by atoms with Crippen LogP contribution in [0, 0.1) is 0 Å². The molecule has 10 nitrogen and oxygen atoms in total. The lowest BCUT2D eigenvalue weighted by atomic mass is 9.99. The van der Waals surface area contributed by atoms with Gasteiger partial charge < -0.3 is 29.5 Å². The first-order valence-electron chi connectivity index (χ1n) is 11.7. The lowest BCUT2D eigenvalue weighted by molar-refractivity contribution is -0.145. The van der Waals surface area contributed by atoms with Gasteiger partial charge in [-0.3, -0.25) is 4.79 Å². The summed E-state index contributed by atoms with van der Waals surface area (Å²) in [4.78, 5) is 35.7. The molecule has 2 atom stereocenters. The molecule has 3 aromatic rings. The summed E-state index contributed by atoms with van der Waals surface area (Å²) in [5.74, 6) is 0.0587. The largest absolute Gasteiger partial charge is 0.480 e. The van der Waals surface area contributed by atoms with E-state index < -0.39 is 17.9 Å². The Bertz CT molecular complexity index is 1320. The van der Waals surface area contributed by atoms with E-state index in [2.05, 4.69) is 15.3 Å². The van der Waals surface area contributed by atoms with E-state index in [1.165, 1.54) is 4.90 Å². The number of anilines is 1. The molecule has 3 heterocycles. The molecule has 1 fully saturated rings. The average Bonchev–Trinajstić information content (AvgIpc) is 3.35. The molecule has 0 bridgehead atoms. The van der Waals surface area contributed by atoms with Gasteiger partial charge in [0.2, 0.25) is 12.6 Å². The smallest absolute Gasteiger partial charge is 0.326 e. The Kier molecular flexibility index (Phi) is 8.21. The number of rotatable bonds is 7. The van der Waals surface area contributed by atoms with Gasteiger partial charge in [0.25, 0.3) is 5.91 Å². The SMILES string of the molecule is CCOC1CCN(C(=O)c2nc(NCc3ccc4c(c3)OCO4)c3cc(Cl)ccc3n2)C(C(=O)O)C1.Cl. The molecule has 2 aliphatic rings. The molecule has 12 heteroatoms. The highest BCUT2D eigenvalue weighted by Crippen LogP contribution is 2.33. The number of hydrogen-bond acceptors (Lipinski definition) is 8. The van der Waals surface area contributed by atoms with Gasteiger partial charge in [-0.25, -0.2) is 14.8 Å². The normalized spacial score (nSPS) is 18.4. The second-order valence-corrected chi connectivity index (χ2v) is 8.99. The highest BCUT2D eigenvalue weighted by Gasteiger charge is 2.38. The summed E-state index contributed by atoms with van der Waals surface area (Å²) in [5.41, 5.74) is 1.44. The number of likely N-dealkylation sites (tertiary alicyclic amines) is 1. The van der Waals surface area contributed by atoms with E-state index in [0.717, 1.165) is 5.56 Å². The van der Waals surface area contributed by atoms with Crippen LogP contribution < -0.4 is 14.8 Å². The van der Waals surface area contributed by atoms with E-state index >= 15 is 0 Å². The minimum absolute atomic E-state index is 0. The monoisotopic (exact) mass is 548 g/mol. The van der Waals surface area contributed by atoms with E-state index in [1.807, 2.05) is 25.1 Å². The standard InChI is InChI=1S/C25H25ClN4O6.ClH/c1-2-34-16-7-8-30(19(11-16)25(32)33)24(31)23-28-18-5-4-15(26)10-17(18)22(29-23)27-12-14-3-6-20-21(9-14)36-13-35-20;/h3-6,9-10,16,19H,2,7-8,11-13H2,1H3,(H,32,33)(H,27,28,29);1H. The topological polar surface area (TPSA) is 123 Å². The van der Waals surface area contributed by atoms with Crippen LogP contribution in [-0.2, 0) is 16.1 Å². The molecule has 1 saturated heterocycles. The molecular formula is C25H26Cl2N4O6. The van der Waals surface area contributed by atoms with Crippen molar-refractivity contribution < 1.29 is 28.9 Å². The maximum atomic E-state index is 13.5. The van der Waals surface area contributed by atoms with Gasteiger partial charge in [0.15, 0.2) is 11.5 Å². The molecular weight excluding hydrogens is 523 g/mol. The number of hydrogen-bond donors (Lipinski definition) is 2. The number of benzene rings is 2. The zero-order valence-electron chi connectivity index (χ0n) is 20.0.